The maximum absolute atomic E-state index is 12.9. The molecule has 0 spiro atoms. The Morgan fingerprint density at radius 3 is 2.10 bits per heavy atom. The molecule has 0 saturated carbocycles. The summed E-state index contributed by atoms with van der Waals surface area (Å²) in [5, 5.41) is 0. The second-order valence-electron chi connectivity index (χ2n) is 8.89. The standard InChI is InChI=1S/C27H29NO3/c1-27(2,3)31-26(29)28-19-24(23-12-8-5-9-13-23)30-25(28)18-20-14-16-22(17-15-20)21-10-6-4-7-11-21/h4-17,24-25H,18-19H2,1-3H3/t24-,25-/m1/s1. The highest BCUT2D eigenvalue weighted by molar-refractivity contribution is 5.69. The van der Waals surface area contributed by atoms with E-state index in [9.17, 15) is 4.79 Å². The second kappa shape index (κ2) is 8.94. The van der Waals surface area contributed by atoms with Crippen molar-refractivity contribution in [3.8, 4) is 11.1 Å². The van der Waals surface area contributed by atoms with Gasteiger partial charge in [-0.15, -0.1) is 0 Å². The van der Waals surface area contributed by atoms with Crippen molar-refractivity contribution in [1.29, 1.82) is 0 Å². The van der Waals surface area contributed by atoms with Gasteiger partial charge in [-0.25, -0.2) is 4.79 Å². The molecular weight excluding hydrogens is 386 g/mol. The highest BCUT2D eigenvalue weighted by atomic mass is 16.6. The van der Waals surface area contributed by atoms with E-state index >= 15 is 0 Å². The fourth-order valence-electron chi connectivity index (χ4n) is 3.79. The van der Waals surface area contributed by atoms with Crippen molar-refractivity contribution in [2.75, 3.05) is 6.54 Å². The molecule has 31 heavy (non-hydrogen) atoms. The number of rotatable bonds is 4. The Bertz CT molecular complexity index is 994. The molecule has 0 aromatic heterocycles. The van der Waals surface area contributed by atoms with E-state index in [1.807, 2.05) is 69.3 Å². The Labute approximate surface area is 184 Å². The van der Waals surface area contributed by atoms with Crippen LogP contribution in [0.1, 0.15) is 38.0 Å². The van der Waals surface area contributed by atoms with Gasteiger partial charge in [-0.3, -0.25) is 4.90 Å². The maximum atomic E-state index is 12.9. The van der Waals surface area contributed by atoms with Gasteiger partial charge in [0.05, 0.1) is 6.54 Å². The van der Waals surface area contributed by atoms with Crippen LogP contribution in [0.3, 0.4) is 0 Å². The number of hydrogen-bond acceptors (Lipinski definition) is 3. The van der Waals surface area contributed by atoms with Gasteiger partial charge in [-0.1, -0.05) is 84.9 Å². The summed E-state index contributed by atoms with van der Waals surface area (Å²) in [6.07, 6.45) is -0.265. The summed E-state index contributed by atoms with van der Waals surface area (Å²) in [6.45, 7) is 6.13. The summed E-state index contributed by atoms with van der Waals surface area (Å²) in [6, 6.07) is 28.8. The zero-order valence-electron chi connectivity index (χ0n) is 18.3. The molecule has 1 heterocycles. The normalized spacial score (nSPS) is 18.7. The molecule has 0 N–H and O–H groups in total. The third-order valence-electron chi connectivity index (χ3n) is 5.30. The summed E-state index contributed by atoms with van der Waals surface area (Å²) in [4.78, 5) is 14.6. The van der Waals surface area contributed by atoms with Crippen LogP contribution in [0.2, 0.25) is 0 Å². The van der Waals surface area contributed by atoms with Gasteiger partial charge in [-0.2, -0.15) is 0 Å². The molecule has 1 saturated heterocycles. The Kier molecular flexibility index (Phi) is 6.10. The van der Waals surface area contributed by atoms with Gasteiger partial charge in [0.15, 0.2) is 0 Å². The molecule has 0 bridgehead atoms. The van der Waals surface area contributed by atoms with Crippen LogP contribution < -0.4 is 0 Å². The van der Waals surface area contributed by atoms with Gasteiger partial charge in [0, 0.05) is 6.42 Å². The molecule has 2 atom stereocenters. The molecule has 1 aliphatic heterocycles. The van der Waals surface area contributed by atoms with E-state index in [2.05, 4.69) is 36.4 Å². The Hall–Kier alpha value is -3.11. The average Bonchev–Trinajstić information content (AvgIpc) is 3.18. The monoisotopic (exact) mass is 415 g/mol. The third kappa shape index (κ3) is 5.33. The zero-order chi connectivity index (χ0) is 21.8. The number of ether oxygens (including phenoxy) is 2. The lowest BCUT2D eigenvalue weighted by molar-refractivity contribution is -0.0209. The van der Waals surface area contributed by atoms with Gasteiger partial charge >= 0.3 is 6.09 Å². The molecule has 160 valence electrons. The molecule has 1 aliphatic rings. The number of nitrogens with zero attached hydrogens (tertiary/aromatic N) is 1. The van der Waals surface area contributed by atoms with E-state index in [4.69, 9.17) is 9.47 Å². The number of amides is 1. The van der Waals surface area contributed by atoms with Crippen LogP contribution in [-0.2, 0) is 15.9 Å². The summed E-state index contributed by atoms with van der Waals surface area (Å²) >= 11 is 0. The number of carbonyl (C=O) groups is 1. The molecule has 4 rings (SSSR count). The van der Waals surface area contributed by atoms with E-state index in [0.29, 0.717) is 13.0 Å². The first-order chi connectivity index (χ1) is 14.9. The molecule has 0 aliphatic carbocycles. The maximum Gasteiger partial charge on any atom is 0.412 e. The Balaban J connectivity index is 1.52. The van der Waals surface area contributed by atoms with E-state index in [0.717, 1.165) is 11.1 Å². The van der Waals surface area contributed by atoms with Crippen LogP contribution in [-0.4, -0.2) is 29.4 Å². The van der Waals surface area contributed by atoms with Crippen LogP contribution in [0, 0.1) is 0 Å². The average molecular weight is 416 g/mol. The Morgan fingerprint density at radius 2 is 1.48 bits per heavy atom. The SMILES string of the molecule is CC(C)(C)OC(=O)N1C[C@H](c2ccccc2)O[C@@H]1Cc1ccc(-c2ccccc2)cc1. The van der Waals surface area contributed by atoms with Crippen molar-refractivity contribution in [1.82, 2.24) is 4.90 Å². The first-order valence-corrected chi connectivity index (χ1v) is 10.7. The minimum Gasteiger partial charge on any atom is -0.444 e. The number of carbonyl (C=O) groups excluding carboxylic acids is 1. The molecule has 1 fully saturated rings. The van der Waals surface area contributed by atoms with Crippen LogP contribution >= 0.6 is 0 Å². The molecule has 4 nitrogen and oxygen atoms in total. The van der Waals surface area contributed by atoms with Crippen molar-refractivity contribution in [2.24, 2.45) is 0 Å². The van der Waals surface area contributed by atoms with Gasteiger partial charge in [-0.05, 0) is 43.0 Å². The van der Waals surface area contributed by atoms with Crippen LogP contribution in [0.25, 0.3) is 11.1 Å². The predicted molar refractivity (Wildman–Crippen MR) is 123 cm³/mol. The fraction of sp³-hybridized carbons (Fsp3) is 0.296. The van der Waals surface area contributed by atoms with E-state index in [1.165, 1.54) is 11.1 Å². The van der Waals surface area contributed by atoms with Gasteiger partial charge in [0.1, 0.15) is 17.9 Å². The smallest absolute Gasteiger partial charge is 0.412 e. The number of hydrogen-bond donors (Lipinski definition) is 0. The molecule has 3 aromatic carbocycles. The minimum absolute atomic E-state index is 0.165. The molecule has 0 radical (unpaired) electrons. The van der Waals surface area contributed by atoms with Crippen molar-refractivity contribution in [2.45, 2.75) is 45.1 Å². The lowest BCUT2D eigenvalue weighted by atomic mass is 10.0. The van der Waals surface area contributed by atoms with E-state index in [-0.39, 0.29) is 18.4 Å². The summed E-state index contributed by atoms with van der Waals surface area (Å²) < 4.78 is 12.0. The lowest BCUT2D eigenvalue weighted by Gasteiger charge is -2.27. The van der Waals surface area contributed by atoms with Crippen molar-refractivity contribution in [3.63, 3.8) is 0 Å². The van der Waals surface area contributed by atoms with Crippen LogP contribution in [0.5, 0.6) is 0 Å². The predicted octanol–water partition coefficient (Wildman–Crippen LogP) is 6.23. The summed E-state index contributed by atoms with van der Waals surface area (Å²) in [5.74, 6) is 0. The van der Waals surface area contributed by atoms with Gasteiger partial charge in [0.2, 0.25) is 0 Å². The lowest BCUT2D eigenvalue weighted by Crippen LogP contribution is -2.41. The van der Waals surface area contributed by atoms with E-state index in [1.54, 1.807) is 4.90 Å². The summed E-state index contributed by atoms with van der Waals surface area (Å²) in [5.41, 5.74) is 3.99. The van der Waals surface area contributed by atoms with Gasteiger partial charge < -0.3 is 9.47 Å². The zero-order valence-corrected chi connectivity index (χ0v) is 18.3. The third-order valence-corrected chi connectivity index (χ3v) is 5.30. The molecule has 4 heteroatoms. The second-order valence-corrected chi connectivity index (χ2v) is 8.89. The largest absolute Gasteiger partial charge is 0.444 e. The molecule has 0 unspecified atom stereocenters. The highest BCUT2D eigenvalue weighted by Gasteiger charge is 2.39. The fourth-order valence-corrected chi connectivity index (χ4v) is 3.79. The van der Waals surface area contributed by atoms with Gasteiger partial charge in [0.25, 0.3) is 0 Å². The molecular formula is C27H29NO3. The van der Waals surface area contributed by atoms with Crippen LogP contribution in [0.15, 0.2) is 84.9 Å². The summed E-state index contributed by atoms with van der Waals surface area (Å²) in [7, 11) is 0. The first kappa shape index (κ1) is 21.1. The van der Waals surface area contributed by atoms with Crippen molar-refractivity contribution >= 4 is 6.09 Å². The van der Waals surface area contributed by atoms with Crippen molar-refractivity contribution < 1.29 is 14.3 Å². The topological polar surface area (TPSA) is 38.8 Å². The first-order valence-electron chi connectivity index (χ1n) is 10.7. The quantitative estimate of drug-likeness (QED) is 0.507. The molecule has 1 amide bonds. The Morgan fingerprint density at radius 1 is 0.903 bits per heavy atom. The minimum atomic E-state index is -0.552. The number of benzene rings is 3. The molecule has 3 aromatic rings. The van der Waals surface area contributed by atoms with Crippen LogP contribution in [0.4, 0.5) is 4.79 Å². The highest BCUT2D eigenvalue weighted by Crippen LogP contribution is 2.32. The van der Waals surface area contributed by atoms with E-state index < -0.39 is 5.60 Å². The van der Waals surface area contributed by atoms with Crippen molar-refractivity contribution in [3.05, 3.63) is 96.1 Å².